The fourth-order valence-corrected chi connectivity index (χ4v) is 2.17. The minimum Gasteiger partial charge on any atom is -0.507 e. The Balaban J connectivity index is 2.85. The number of aromatic hydroxyl groups is 3. The van der Waals surface area contributed by atoms with Crippen molar-refractivity contribution in [2.24, 2.45) is 0 Å². The molecule has 2 aromatic carbocycles. The predicted octanol–water partition coefficient (Wildman–Crippen LogP) is 3.40. The van der Waals surface area contributed by atoms with Crippen molar-refractivity contribution in [3.8, 4) is 28.4 Å². The Kier molecular flexibility index (Phi) is 2.91. The second kappa shape index (κ2) is 4.26. The molecule has 18 heavy (non-hydrogen) atoms. The second-order valence-corrected chi connectivity index (χ2v) is 4.49. The zero-order valence-corrected chi connectivity index (χ0v) is 10.7. The fourth-order valence-electron chi connectivity index (χ4n) is 2.17. The standard InChI is InChI=1S/C15H16O3/c1-8-6-4-5-7-11(8)12-9(2)13(16)10(3)14(17)15(12)18/h4-7,16-18H,1-3H3. The van der Waals surface area contributed by atoms with E-state index in [-0.39, 0.29) is 17.2 Å². The lowest BCUT2D eigenvalue weighted by Gasteiger charge is -2.16. The third-order valence-corrected chi connectivity index (χ3v) is 3.32. The Morgan fingerprint density at radius 3 is 1.94 bits per heavy atom. The quantitative estimate of drug-likeness (QED) is 0.532. The summed E-state index contributed by atoms with van der Waals surface area (Å²) in [6, 6.07) is 7.53. The fraction of sp³-hybridized carbons (Fsp3) is 0.200. The lowest BCUT2D eigenvalue weighted by Crippen LogP contribution is -1.91. The van der Waals surface area contributed by atoms with Gasteiger partial charge in [0.05, 0.1) is 0 Å². The van der Waals surface area contributed by atoms with Crippen LogP contribution in [0.5, 0.6) is 17.2 Å². The molecule has 0 radical (unpaired) electrons. The van der Waals surface area contributed by atoms with Crippen molar-refractivity contribution in [1.29, 1.82) is 0 Å². The molecule has 3 N–H and O–H groups in total. The van der Waals surface area contributed by atoms with Crippen LogP contribution in [0, 0.1) is 20.8 Å². The summed E-state index contributed by atoms with van der Waals surface area (Å²) < 4.78 is 0. The summed E-state index contributed by atoms with van der Waals surface area (Å²) in [5.74, 6) is -0.433. The van der Waals surface area contributed by atoms with Gasteiger partial charge in [-0.05, 0) is 31.9 Å². The number of phenols is 3. The first-order valence-corrected chi connectivity index (χ1v) is 5.75. The van der Waals surface area contributed by atoms with Crippen LogP contribution in [0.1, 0.15) is 16.7 Å². The van der Waals surface area contributed by atoms with Gasteiger partial charge in [0, 0.05) is 16.7 Å². The normalized spacial score (nSPS) is 10.6. The maximum atomic E-state index is 10.1. The van der Waals surface area contributed by atoms with E-state index in [1.165, 1.54) is 0 Å². The first kappa shape index (κ1) is 12.3. The summed E-state index contributed by atoms with van der Waals surface area (Å²) in [5.41, 5.74) is 3.12. The minimum absolute atomic E-state index is 0.0172. The van der Waals surface area contributed by atoms with E-state index in [0.29, 0.717) is 16.7 Å². The largest absolute Gasteiger partial charge is 0.507 e. The van der Waals surface area contributed by atoms with Crippen LogP contribution in [0.15, 0.2) is 24.3 Å². The molecule has 0 saturated heterocycles. The van der Waals surface area contributed by atoms with Gasteiger partial charge in [0.2, 0.25) is 0 Å². The minimum atomic E-state index is -0.267. The molecule has 0 aliphatic rings. The number of benzene rings is 2. The Morgan fingerprint density at radius 1 is 0.722 bits per heavy atom. The average molecular weight is 244 g/mol. The van der Waals surface area contributed by atoms with Crippen molar-refractivity contribution in [2.45, 2.75) is 20.8 Å². The number of hydrogen-bond donors (Lipinski definition) is 3. The molecule has 3 nitrogen and oxygen atoms in total. The highest BCUT2D eigenvalue weighted by molar-refractivity contribution is 5.82. The molecule has 2 aromatic rings. The molecule has 0 atom stereocenters. The lowest BCUT2D eigenvalue weighted by molar-refractivity contribution is 0.392. The van der Waals surface area contributed by atoms with Crippen molar-refractivity contribution in [3.63, 3.8) is 0 Å². The van der Waals surface area contributed by atoms with Crippen LogP contribution < -0.4 is 0 Å². The third-order valence-electron chi connectivity index (χ3n) is 3.32. The van der Waals surface area contributed by atoms with Gasteiger partial charge in [0.15, 0.2) is 11.5 Å². The summed E-state index contributed by atoms with van der Waals surface area (Å²) in [7, 11) is 0. The lowest BCUT2D eigenvalue weighted by atomic mass is 9.93. The van der Waals surface area contributed by atoms with Crippen LogP contribution in [0.3, 0.4) is 0 Å². The zero-order valence-electron chi connectivity index (χ0n) is 10.7. The number of aryl methyl sites for hydroxylation is 1. The van der Waals surface area contributed by atoms with Crippen molar-refractivity contribution in [2.75, 3.05) is 0 Å². The van der Waals surface area contributed by atoms with Crippen molar-refractivity contribution >= 4 is 0 Å². The van der Waals surface area contributed by atoms with E-state index in [0.717, 1.165) is 11.1 Å². The van der Waals surface area contributed by atoms with Gasteiger partial charge < -0.3 is 15.3 Å². The van der Waals surface area contributed by atoms with Gasteiger partial charge in [-0.3, -0.25) is 0 Å². The molecule has 94 valence electrons. The number of hydrogen-bond acceptors (Lipinski definition) is 3. The second-order valence-electron chi connectivity index (χ2n) is 4.49. The number of phenolic OH excluding ortho intramolecular Hbond substituents is 3. The molecule has 0 bridgehead atoms. The van der Waals surface area contributed by atoms with Crippen molar-refractivity contribution in [3.05, 3.63) is 41.0 Å². The van der Waals surface area contributed by atoms with Crippen LogP contribution in [0.2, 0.25) is 0 Å². The summed E-state index contributed by atoms with van der Waals surface area (Å²) in [6.07, 6.45) is 0. The summed E-state index contributed by atoms with van der Waals surface area (Å²) in [4.78, 5) is 0. The van der Waals surface area contributed by atoms with E-state index in [2.05, 4.69) is 0 Å². The molecule has 0 saturated carbocycles. The summed E-state index contributed by atoms with van der Waals surface area (Å²) in [6.45, 7) is 5.21. The number of rotatable bonds is 1. The Labute approximate surface area is 106 Å². The van der Waals surface area contributed by atoms with E-state index < -0.39 is 0 Å². The molecule has 0 aliphatic heterocycles. The maximum absolute atomic E-state index is 10.1. The highest BCUT2D eigenvalue weighted by Crippen LogP contribution is 2.46. The van der Waals surface area contributed by atoms with E-state index >= 15 is 0 Å². The van der Waals surface area contributed by atoms with Gasteiger partial charge in [0.1, 0.15) is 5.75 Å². The van der Waals surface area contributed by atoms with Crippen LogP contribution in [-0.2, 0) is 0 Å². The monoisotopic (exact) mass is 244 g/mol. The molecule has 0 heterocycles. The molecule has 3 heteroatoms. The van der Waals surface area contributed by atoms with Gasteiger partial charge >= 0.3 is 0 Å². The first-order valence-electron chi connectivity index (χ1n) is 5.75. The Hall–Kier alpha value is -2.16. The molecule has 0 spiro atoms. The molecule has 2 rings (SSSR count). The van der Waals surface area contributed by atoms with Crippen molar-refractivity contribution < 1.29 is 15.3 Å². The molecular formula is C15H16O3. The molecule has 0 amide bonds. The van der Waals surface area contributed by atoms with Crippen LogP contribution in [0.4, 0.5) is 0 Å². The van der Waals surface area contributed by atoms with Crippen LogP contribution in [0.25, 0.3) is 11.1 Å². The van der Waals surface area contributed by atoms with Gasteiger partial charge in [-0.25, -0.2) is 0 Å². The topological polar surface area (TPSA) is 60.7 Å². The maximum Gasteiger partial charge on any atom is 0.166 e. The SMILES string of the molecule is Cc1ccccc1-c1c(C)c(O)c(C)c(O)c1O. The summed E-state index contributed by atoms with van der Waals surface area (Å²) in [5, 5.41) is 29.9. The van der Waals surface area contributed by atoms with Gasteiger partial charge in [-0.15, -0.1) is 0 Å². The average Bonchev–Trinajstić information content (AvgIpc) is 2.36. The molecule has 0 aliphatic carbocycles. The van der Waals surface area contributed by atoms with E-state index in [1.807, 2.05) is 31.2 Å². The van der Waals surface area contributed by atoms with E-state index in [1.54, 1.807) is 13.8 Å². The van der Waals surface area contributed by atoms with Crippen molar-refractivity contribution in [1.82, 2.24) is 0 Å². The highest BCUT2D eigenvalue weighted by Gasteiger charge is 2.20. The first-order chi connectivity index (χ1) is 8.45. The smallest absolute Gasteiger partial charge is 0.166 e. The van der Waals surface area contributed by atoms with E-state index in [9.17, 15) is 15.3 Å². The predicted molar refractivity (Wildman–Crippen MR) is 71.1 cm³/mol. The Morgan fingerprint density at radius 2 is 1.33 bits per heavy atom. The zero-order chi connectivity index (χ0) is 13.4. The highest BCUT2D eigenvalue weighted by atomic mass is 16.3. The summed E-state index contributed by atoms with van der Waals surface area (Å²) >= 11 is 0. The third kappa shape index (κ3) is 1.68. The van der Waals surface area contributed by atoms with Gasteiger partial charge in [-0.1, -0.05) is 24.3 Å². The Bertz CT molecular complexity index is 586. The molecule has 0 fully saturated rings. The van der Waals surface area contributed by atoms with Crippen LogP contribution >= 0.6 is 0 Å². The van der Waals surface area contributed by atoms with Gasteiger partial charge in [-0.2, -0.15) is 0 Å². The van der Waals surface area contributed by atoms with Gasteiger partial charge in [0.25, 0.3) is 0 Å². The van der Waals surface area contributed by atoms with E-state index in [4.69, 9.17) is 0 Å². The molecule has 0 unspecified atom stereocenters. The molecular weight excluding hydrogens is 228 g/mol. The van der Waals surface area contributed by atoms with Crippen LogP contribution in [-0.4, -0.2) is 15.3 Å². The molecule has 0 aromatic heterocycles.